The maximum absolute atomic E-state index is 12.2. The molecule has 2 aliphatic rings. The van der Waals surface area contributed by atoms with Crippen molar-refractivity contribution in [1.82, 2.24) is 4.90 Å². The number of hydrogen-bond donors (Lipinski definition) is 0. The molecule has 100 valence electrons. The zero-order valence-corrected chi connectivity index (χ0v) is 10.9. The molecule has 0 bridgehead atoms. The number of carbonyl (C=O) groups excluding carboxylic acids is 2. The second-order valence-corrected chi connectivity index (χ2v) is 5.34. The molecule has 3 rings (SSSR count). The second-order valence-electron chi connectivity index (χ2n) is 5.34. The molecule has 1 aliphatic carbocycles. The molecule has 1 aromatic rings. The lowest BCUT2D eigenvalue weighted by Gasteiger charge is -2.37. The summed E-state index contributed by atoms with van der Waals surface area (Å²) in [5.41, 5.74) is 0.809. The molecule has 1 aromatic carbocycles. The van der Waals surface area contributed by atoms with Crippen LogP contribution in [0.1, 0.15) is 19.3 Å². The molecule has 0 radical (unpaired) electrons. The minimum absolute atomic E-state index is 0.345. The van der Waals surface area contributed by atoms with Crippen LogP contribution in [-0.2, 0) is 9.59 Å². The van der Waals surface area contributed by atoms with E-state index in [0.29, 0.717) is 19.0 Å². The smallest absolute Gasteiger partial charge is 0.316 e. The Balaban J connectivity index is 1.69. The summed E-state index contributed by atoms with van der Waals surface area (Å²) in [6.45, 7) is 2.00. The van der Waals surface area contributed by atoms with Gasteiger partial charge in [0.25, 0.3) is 0 Å². The Labute approximate surface area is 113 Å². The van der Waals surface area contributed by atoms with E-state index in [1.165, 1.54) is 19.3 Å². The number of nitrogens with zero attached hydrogens (tertiary/aromatic N) is 2. The van der Waals surface area contributed by atoms with E-state index in [9.17, 15) is 9.59 Å². The summed E-state index contributed by atoms with van der Waals surface area (Å²) in [6, 6.07) is 9.41. The molecule has 2 amide bonds. The molecule has 4 heteroatoms. The van der Waals surface area contributed by atoms with Gasteiger partial charge >= 0.3 is 11.8 Å². The Bertz CT molecular complexity index is 482. The molecule has 0 atom stereocenters. The van der Waals surface area contributed by atoms with E-state index in [1.807, 2.05) is 30.3 Å². The monoisotopic (exact) mass is 258 g/mol. The van der Waals surface area contributed by atoms with E-state index in [2.05, 4.69) is 0 Å². The van der Waals surface area contributed by atoms with Crippen LogP contribution in [0.15, 0.2) is 30.3 Å². The van der Waals surface area contributed by atoms with E-state index in [4.69, 9.17) is 0 Å². The lowest BCUT2D eigenvalue weighted by molar-refractivity contribution is -0.147. The van der Waals surface area contributed by atoms with Crippen molar-refractivity contribution in [2.75, 3.05) is 24.5 Å². The Kier molecular flexibility index (Phi) is 3.23. The molecule has 1 heterocycles. The highest BCUT2D eigenvalue weighted by atomic mass is 16.2. The average Bonchev–Trinajstić information content (AvgIpc) is 2.39. The summed E-state index contributed by atoms with van der Waals surface area (Å²) in [5.74, 6) is -0.126. The highest BCUT2D eigenvalue weighted by Gasteiger charge is 2.35. The van der Waals surface area contributed by atoms with Crippen LogP contribution in [0, 0.1) is 5.92 Å². The van der Waals surface area contributed by atoms with Crippen molar-refractivity contribution in [1.29, 1.82) is 0 Å². The molecule has 1 aliphatic heterocycles. The predicted octanol–water partition coefficient (Wildman–Crippen LogP) is 1.66. The van der Waals surface area contributed by atoms with Gasteiger partial charge in [-0.25, -0.2) is 0 Å². The molecule has 19 heavy (non-hydrogen) atoms. The molecule has 2 fully saturated rings. The molecular weight excluding hydrogens is 240 g/mol. The van der Waals surface area contributed by atoms with Crippen LogP contribution in [0.3, 0.4) is 0 Å². The fourth-order valence-corrected chi connectivity index (χ4v) is 2.69. The fourth-order valence-electron chi connectivity index (χ4n) is 2.69. The largest absolute Gasteiger partial charge is 0.332 e. The van der Waals surface area contributed by atoms with Crippen molar-refractivity contribution in [3.05, 3.63) is 30.3 Å². The molecule has 0 unspecified atom stereocenters. The topological polar surface area (TPSA) is 40.6 Å². The molecule has 0 aromatic heterocycles. The number of amides is 2. The Morgan fingerprint density at radius 1 is 1.00 bits per heavy atom. The van der Waals surface area contributed by atoms with Gasteiger partial charge in [0.05, 0.1) is 0 Å². The molecule has 1 saturated heterocycles. The summed E-state index contributed by atoms with van der Waals surface area (Å²) in [5, 5.41) is 0. The molecule has 0 N–H and O–H groups in total. The van der Waals surface area contributed by atoms with Gasteiger partial charge in [-0.2, -0.15) is 0 Å². The van der Waals surface area contributed by atoms with E-state index >= 15 is 0 Å². The van der Waals surface area contributed by atoms with Gasteiger partial charge in [-0.3, -0.25) is 9.59 Å². The van der Waals surface area contributed by atoms with Crippen LogP contribution < -0.4 is 4.90 Å². The van der Waals surface area contributed by atoms with Gasteiger partial charge in [0, 0.05) is 25.3 Å². The molecule has 0 spiro atoms. The lowest BCUT2D eigenvalue weighted by atomic mass is 9.85. The van der Waals surface area contributed by atoms with Gasteiger partial charge in [0.15, 0.2) is 0 Å². The number of anilines is 1. The first kappa shape index (κ1) is 12.2. The van der Waals surface area contributed by atoms with Crippen LogP contribution in [0.5, 0.6) is 0 Å². The average molecular weight is 258 g/mol. The summed E-state index contributed by atoms with van der Waals surface area (Å²) in [7, 11) is 0. The van der Waals surface area contributed by atoms with E-state index in [-0.39, 0.29) is 5.91 Å². The fraction of sp³-hybridized carbons (Fsp3) is 0.467. The van der Waals surface area contributed by atoms with Gasteiger partial charge < -0.3 is 9.80 Å². The van der Waals surface area contributed by atoms with Gasteiger partial charge in [0.2, 0.25) is 0 Å². The third-order valence-electron chi connectivity index (χ3n) is 4.08. The number of piperazine rings is 1. The maximum atomic E-state index is 12.2. The molecular formula is C15H18N2O2. The van der Waals surface area contributed by atoms with Gasteiger partial charge in [-0.05, 0) is 30.9 Å². The summed E-state index contributed by atoms with van der Waals surface area (Å²) in [4.78, 5) is 27.6. The quantitative estimate of drug-likeness (QED) is 0.774. The number of rotatable bonds is 3. The van der Waals surface area contributed by atoms with Crippen LogP contribution in [0.2, 0.25) is 0 Å². The van der Waals surface area contributed by atoms with Crippen molar-refractivity contribution in [2.24, 2.45) is 5.92 Å². The van der Waals surface area contributed by atoms with E-state index in [1.54, 1.807) is 9.80 Å². The van der Waals surface area contributed by atoms with Crippen LogP contribution in [0.25, 0.3) is 0 Å². The van der Waals surface area contributed by atoms with Gasteiger partial charge in [-0.1, -0.05) is 24.6 Å². The second kappa shape index (κ2) is 5.03. The lowest BCUT2D eigenvalue weighted by Crippen LogP contribution is -2.55. The first-order valence-electron chi connectivity index (χ1n) is 6.91. The van der Waals surface area contributed by atoms with Crippen molar-refractivity contribution < 1.29 is 9.59 Å². The molecule has 4 nitrogen and oxygen atoms in total. The first-order chi connectivity index (χ1) is 9.25. The highest BCUT2D eigenvalue weighted by Crippen LogP contribution is 2.28. The van der Waals surface area contributed by atoms with Crippen LogP contribution in [-0.4, -0.2) is 36.3 Å². The van der Waals surface area contributed by atoms with Crippen molar-refractivity contribution in [2.45, 2.75) is 19.3 Å². The number of benzene rings is 1. The maximum Gasteiger partial charge on any atom is 0.316 e. The third kappa shape index (κ3) is 2.35. The third-order valence-corrected chi connectivity index (χ3v) is 4.08. The van der Waals surface area contributed by atoms with Crippen molar-refractivity contribution in [3.63, 3.8) is 0 Å². The highest BCUT2D eigenvalue weighted by molar-refractivity contribution is 6.40. The van der Waals surface area contributed by atoms with E-state index < -0.39 is 5.91 Å². The number of carbonyl (C=O) groups is 2. The Hall–Kier alpha value is -1.84. The Morgan fingerprint density at radius 3 is 2.37 bits per heavy atom. The van der Waals surface area contributed by atoms with Crippen molar-refractivity contribution >= 4 is 17.5 Å². The number of hydrogen-bond acceptors (Lipinski definition) is 2. The zero-order chi connectivity index (χ0) is 13.2. The number of para-hydroxylation sites is 1. The summed E-state index contributed by atoms with van der Waals surface area (Å²) < 4.78 is 0. The van der Waals surface area contributed by atoms with Gasteiger partial charge in [-0.15, -0.1) is 0 Å². The van der Waals surface area contributed by atoms with Crippen LogP contribution in [0.4, 0.5) is 5.69 Å². The van der Waals surface area contributed by atoms with Gasteiger partial charge in [0.1, 0.15) is 0 Å². The predicted molar refractivity (Wildman–Crippen MR) is 72.7 cm³/mol. The standard InChI is InChI=1S/C15H18N2O2/c18-14-15(19)17(13-7-2-1-3-8-13)10-9-16(14)11-12-5-4-6-12/h1-3,7-8,12H,4-6,9-11H2. The minimum atomic E-state index is -0.392. The minimum Gasteiger partial charge on any atom is -0.332 e. The van der Waals surface area contributed by atoms with Crippen LogP contribution >= 0.6 is 0 Å². The first-order valence-corrected chi connectivity index (χ1v) is 6.91. The van der Waals surface area contributed by atoms with E-state index in [0.717, 1.165) is 12.2 Å². The normalized spacial score (nSPS) is 20.6. The zero-order valence-electron chi connectivity index (χ0n) is 10.9. The van der Waals surface area contributed by atoms with Crippen molar-refractivity contribution in [3.8, 4) is 0 Å². The summed E-state index contributed by atoms with van der Waals surface area (Å²) >= 11 is 0. The Morgan fingerprint density at radius 2 is 1.74 bits per heavy atom. The molecule has 1 saturated carbocycles. The summed E-state index contributed by atoms with van der Waals surface area (Å²) in [6.07, 6.45) is 3.65. The SMILES string of the molecule is O=C1C(=O)N(c2ccccc2)CCN1CC1CCC1.